The molecule has 0 atom stereocenters. The first-order chi connectivity index (χ1) is 17.3. The molecule has 2 aliphatic heterocycles. The molecule has 196 valence electrons. The molecule has 0 amide bonds. The van der Waals surface area contributed by atoms with Gasteiger partial charge in [0.05, 0.1) is 14.2 Å². The van der Waals surface area contributed by atoms with Crippen molar-refractivity contribution in [1.82, 2.24) is 9.80 Å². The summed E-state index contributed by atoms with van der Waals surface area (Å²) in [6.07, 6.45) is 2.41. The van der Waals surface area contributed by atoms with Gasteiger partial charge in [-0.05, 0) is 55.8 Å². The minimum Gasteiger partial charge on any atom is -0.502 e. The number of nitrogens with zero attached hydrogens (tertiary/aromatic N) is 3. The number of para-hydroxylation sites is 1. The van der Waals surface area contributed by atoms with Crippen LogP contribution in [0.1, 0.15) is 18.4 Å². The molecule has 4 rings (SSSR count). The number of carboxylic acid groups (broad SMARTS) is 2. The first-order valence-corrected chi connectivity index (χ1v) is 12.0. The number of carboxylic acids is 2. The highest BCUT2D eigenvalue weighted by Gasteiger charge is 2.27. The van der Waals surface area contributed by atoms with E-state index in [1.54, 1.807) is 14.2 Å². The van der Waals surface area contributed by atoms with Crippen LogP contribution in [0.4, 0.5) is 5.69 Å². The maximum Gasteiger partial charge on any atom is 0.414 e. The quantitative estimate of drug-likeness (QED) is 0.508. The zero-order chi connectivity index (χ0) is 26.1. The Kier molecular flexibility index (Phi) is 9.77. The number of piperazine rings is 1. The molecular weight excluding hydrogens is 466 g/mol. The van der Waals surface area contributed by atoms with Crippen LogP contribution < -0.4 is 14.4 Å². The smallest absolute Gasteiger partial charge is 0.414 e. The predicted molar refractivity (Wildman–Crippen MR) is 135 cm³/mol. The van der Waals surface area contributed by atoms with Gasteiger partial charge in [-0.3, -0.25) is 9.80 Å². The summed E-state index contributed by atoms with van der Waals surface area (Å²) < 4.78 is 10.6. The van der Waals surface area contributed by atoms with Gasteiger partial charge in [0, 0.05) is 44.5 Å². The summed E-state index contributed by atoms with van der Waals surface area (Å²) in [5.74, 6) is -2.65. The number of rotatable bonds is 6. The second kappa shape index (κ2) is 13.0. The van der Waals surface area contributed by atoms with E-state index in [4.69, 9.17) is 29.3 Å². The van der Waals surface area contributed by atoms with Gasteiger partial charge >= 0.3 is 11.9 Å². The SMILES string of the molecule is COc1cc(CN2CCC(N3CCN(c4ccccc4)CC3)CC2)cc(OC)c1O.O=C(O)C(=O)O. The van der Waals surface area contributed by atoms with Gasteiger partial charge in [-0.1, -0.05) is 18.2 Å². The molecule has 0 unspecified atom stereocenters. The van der Waals surface area contributed by atoms with Gasteiger partial charge in [0.1, 0.15) is 0 Å². The van der Waals surface area contributed by atoms with Crippen LogP contribution in [-0.4, -0.2) is 96.6 Å². The van der Waals surface area contributed by atoms with Gasteiger partial charge < -0.3 is 29.7 Å². The molecule has 2 saturated heterocycles. The second-order valence-electron chi connectivity index (χ2n) is 8.83. The number of methoxy groups -OCH3 is 2. The van der Waals surface area contributed by atoms with Crippen LogP contribution in [0.5, 0.6) is 17.2 Å². The third-order valence-corrected chi connectivity index (χ3v) is 6.64. The Bertz CT molecular complexity index is 965. The standard InChI is InChI=1S/C24H33N3O3.C2H2O4/c1-29-22-16-19(17-23(30-2)24(22)28)18-25-10-8-21(9-11-25)27-14-12-26(13-15-27)20-6-4-3-5-7-20;3-1(4)2(5)6/h3-7,16-17,21,28H,8-15,18H2,1-2H3;(H,3,4)(H,5,6). The topological polar surface area (TPSA) is 123 Å². The van der Waals surface area contributed by atoms with Gasteiger partial charge in [-0.15, -0.1) is 0 Å². The van der Waals surface area contributed by atoms with Crippen molar-refractivity contribution < 1.29 is 34.4 Å². The summed E-state index contributed by atoms with van der Waals surface area (Å²) in [5, 5.41) is 24.9. The van der Waals surface area contributed by atoms with Crippen LogP contribution in [0.25, 0.3) is 0 Å². The van der Waals surface area contributed by atoms with Crippen molar-refractivity contribution in [3.8, 4) is 17.2 Å². The largest absolute Gasteiger partial charge is 0.502 e. The molecule has 0 spiro atoms. The van der Waals surface area contributed by atoms with Crippen molar-refractivity contribution in [3.05, 3.63) is 48.0 Å². The Hall–Kier alpha value is -3.50. The summed E-state index contributed by atoms with van der Waals surface area (Å²) in [4.78, 5) is 25.9. The minimum atomic E-state index is -1.82. The lowest BCUT2D eigenvalue weighted by Crippen LogP contribution is -2.53. The number of phenolic OH excluding ortho intramolecular Hbond substituents is 1. The molecule has 2 fully saturated rings. The maximum atomic E-state index is 10.1. The molecule has 10 nitrogen and oxygen atoms in total. The Labute approximate surface area is 211 Å². The zero-order valence-electron chi connectivity index (χ0n) is 20.8. The van der Waals surface area contributed by atoms with Gasteiger partial charge in [-0.2, -0.15) is 0 Å². The van der Waals surface area contributed by atoms with E-state index < -0.39 is 11.9 Å². The molecule has 0 radical (unpaired) electrons. The number of phenols is 1. The minimum absolute atomic E-state index is 0.0668. The first kappa shape index (κ1) is 27.1. The Morgan fingerprint density at radius 1 is 0.861 bits per heavy atom. The number of carbonyl (C=O) groups is 2. The number of hydrogen-bond donors (Lipinski definition) is 3. The van der Waals surface area contributed by atoms with Crippen molar-refractivity contribution >= 4 is 17.6 Å². The molecule has 2 heterocycles. The van der Waals surface area contributed by atoms with E-state index in [1.807, 2.05) is 12.1 Å². The predicted octanol–water partition coefficient (Wildman–Crippen LogP) is 2.35. The van der Waals surface area contributed by atoms with E-state index in [-0.39, 0.29) is 5.75 Å². The third-order valence-electron chi connectivity index (χ3n) is 6.64. The van der Waals surface area contributed by atoms with Gasteiger partial charge in [0.2, 0.25) is 5.75 Å². The number of aliphatic carboxylic acids is 2. The van der Waals surface area contributed by atoms with Gasteiger partial charge in [0.25, 0.3) is 0 Å². The van der Waals surface area contributed by atoms with E-state index in [2.05, 4.69) is 45.0 Å². The number of piperidine rings is 1. The average molecular weight is 502 g/mol. The van der Waals surface area contributed by atoms with E-state index >= 15 is 0 Å². The molecule has 3 N–H and O–H groups in total. The van der Waals surface area contributed by atoms with Crippen LogP contribution in [0.3, 0.4) is 0 Å². The monoisotopic (exact) mass is 501 g/mol. The van der Waals surface area contributed by atoms with Gasteiger partial charge in [-0.25, -0.2) is 9.59 Å². The molecule has 2 aliphatic rings. The average Bonchev–Trinajstić information content (AvgIpc) is 2.91. The van der Waals surface area contributed by atoms with Crippen LogP contribution in [0.15, 0.2) is 42.5 Å². The molecule has 2 aromatic rings. The third kappa shape index (κ3) is 7.25. The highest BCUT2D eigenvalue weighted by Crippen LogP contribution is 2.37. The van der Waals surface area contributed by atoms with Crippen molar-refractivity contribution in [2.45, 2.75) is 25.4 Å². The molecule has 0 aromatic heterocycles. The molecule has 0 saturated carbocycles. The number of likely N-dealkylation sites (tertiary alicyclic amines) is 1. The van der Waals surface area contributed by atoms with Crippen LogP contribution in [0, 0.1) is 0 Å². The maximum absolute atomic E-state index is 10.1. The van der Waals surface area contributed by atoms with Crippen molar-refractivity contribution in [3.63, 3.8) is 0 Å². The molecule has 2 aromatic carbocycles. The Morgan fingerprint density at radius 2 is 1.39 bits per heavy atom. The molecular formula is C26H35N3O7. The zero-order valence-corrected chi connectivity index (χ0v) is 20.8. The fourth-order valence-electron chi connectivity index (χ4n) is 4.72. The molecule has 0 bridgehead atoms. The van der Waals surface area contributed by atoms with Crippen LogP contribution in [0.2, 0.25) is 0 Å². The van der Waals surface area contributed by atoms with E-state index in [0.717, 1.165) is 51.4 Å². The Morgan fingerprint density at radius 3 is 1.86 bits per heavy atom. The van der Waals surface area contributed by atoms with Crippen LogP contribution >= 0.6 is 0 Å². The van der Waals surface area contributed by atoms with Crippen LogP contribution in [-0.2, 0) is 16.1 Å². The fourth-order valence-corrected chi connectivity index (χ4v) is 4.72. The lowest BCUT2D eigenvalue weighted by molar-refractivity contribution is -0.159. The lowest BCUT2D eigenvalue weighted by Gasteiger charge is -2.43. The summed E-state index contributed by atoms with van der Waals surface area (Å²) in [5.41, 5.74) is 2.45. The number of benzene rings is 2. The number of ether oxygens (including phenoxy) is 2. The summed E-state index contributed by atoms with van der Waals surface area (Å²) >= 11 is 0. The number of anilines is 1. The van der Waals surface area contributed by atoms with Crippen molar-refractivity contribution in [1.29, 1.82) is 0 Å². The fraction of sp³-hybridized carbons (Fsp3) is 0.462. The number of aromatic hydroxyl groups is 1. The molecule has 36 heavy (non-hydrogen) atoms. The summed E-state index contributed by atoms with van der Waals surface area (Å²) in [6, 6.07) is 15.2. The first-order valence-electron chi connectivity index (χ1n) is 12.0. The second-order valence-corrected chi connectivity index (χ2v) is 8.83. The Balaban J connectivity index is 0.000000538. The van der Waals surface area contributed by atoms with Gasteiger partial charge in [0.15, 0.2) is 11.5 Å². The van der Waals surface area contributed by atoms with E-state index in [9.17, 15) is 5.11 Å². The summed E-state index contributed by atoms with van der Waals surface area (Å²) in [6.45, 7) is 7.54. The van der Waals surface area contributed by atoms with Crippen molar-refractivity contribution in [2.24, 2.45) is 0 Å². The van der Waals surface area contributed by atoms with Crippen molar-refractivity contribution in [2.75, 3.05) is 58.4 Å². The lowest BCUT2D eigenvalue weighted by atomic mass is 10.0. The highest BCUT2D eigenvalue weighted by molar-refractivity contribution is 6.27. The van der Waals surface area contributed by atoms with E-state index in [0.29, 0.717) is 17.5 Å². The number of hydrogen-bond acceptors (Lipinski definition) is 8. The van der Waals surface area contributed by atoms with E-state index in [1.165, 1.54) is 18.5 Å². The normalized spacial score (nSPS) is 17.1. The highest BCUT2D eigenvalue weighted by atomic mass is 16.5. The summed E-state index contributed by atoms with van der Waals surface area (Å²) in [7, 11) is 3.14. The molecule has 10 heteroatoms. The molecule has 0 aliphatic carbocycles.